The van der Waals surface area contributed by atoms with Gasteiger partial charge in [0.2, 0.25) is 5.91 Å². The number of carbonyl (C=O) groups is 1. The van der Waals surface area contributed by atoms with Crippen molar-refractivity contribution in [1.82, 2.24) is 5.32 Å². The Bertz CT molecular complexity index is 368. The summed E-state index contributed by atoms with van der Waals surface area (Å²) < 4.78 is 0. The second-order valence-corrected chi connectivity index (χ2v) is 4.53. The van der Waals surface area contributed by atoms with Crippen LogP contribution in [0.15, 0.2) is 18.2 Å². The van der Waals surface area contributed by atoms with Gasteiger partial charge in [-0.15, -0.1) is 11.6 Å². The maximum absolute atomic E-state index is 11.5. The van der Waals surface area contributed by atoms with E-state index in [4.69, 9.17) is 34.8 Å². The summed E-state index contributed by atoms with van der Waals surface area (Å²) in [7, 11) is 0. The summed E-state index contributed by atoms with van der Waals surface area (Å²) in [6.45, 7) is 0.591. The Morgan fingerprint density at radius 2 is 2.06 bits per heavy atom. The molecule has 0 heterocycles. The lowest BCUT2D eigenvalue weighted by atomic mass is 10.1. The number of rotatable bonds is 5. The number of benzene rings is 1. The molecule has 0 aliphatic heterocycles. The molecular formula is C11H12Cl3NO. The van der Waals surface area contributed by atoms with E-state index >= 15 is 0 Å². The molecule has 0 aliphatic rings. The molecular weight excluding hydrogens is 268 g/mol. The molecule has 0 saturated carbocycles. The van der Waals surface area contributed by atoms with Gasteiger partial charge in [-0.25, -0.2) is 0 Å². The fourth-order valence-corrected chi connectivity index (χ4v) is 1.80. The predicted molar refractivity (Wildman–Crippen MR) is 68.5 cm³/mol. The Morgan fingerprint density at radius 1 is 1.31 bits per heavy atom. The van der Waals surface area contributed by atoms with E-state index in [0.717, 1.165) is 12.0 Å². The van der Waals surface area contributed by atoms with Gasteiger partial charge in [0.25, 0.3) is 0 Å². The highest BCUT2D eigenvalue weighted by Gasteiger charge is 2.06. The fraction of sp³-hybridized carbons (Fsp3) is 0.364. The van der Waals surface area contributed by atoms with Crippen LogP contribution in [-0.2, 0) is 11.2 Å². The molecule has 0 aliphatic carbocycles. The summed E-state index contributed by atoms with van der Waals surface area (Å²) in [6.07, 6.45) is 1.03. The molecule has 88 valence electrons. The third kappa shape index (κ3) is 4.60. The van der Waals surface area contributed by atoms with Gasteiger partial charge >= 0.3 is 0 Å². The minimum absolute atomic E-state index is 0.0608. The molecule has 0 aromatic heterocycles. The minimum atomic E-state index is -0.0608. The zero-order valence-electron chi connectivity index (χ0n) is 8.60. The van der Waals surface area contributed by atoms with Crippen molar-refractivity contribution in [1.29, 1.82) is 0 Å². The Morgan fingerprint density at radius 3 is 2.69 bits per heavy atom. The van der Waals surface area contributed by atoms with Gasteiger partial charge in [-0.3, -0.25) is 4.79 Å². The van der Waals surface area contributed by atoms with Crippen molar-refractivity contribution in [2.45, 2.75) is 12.8 Å². The van der Waals surface area contributed by atoms with Gasteiger partial charge in [-0.1, -0.05) is 29.3 Å². The monoisotopic (exact) mass is 279 g/mol. The second kappa shape index (κ2) is 7.00. The number of nitrogens with one attached hydrogen (secondary N) is 1. The first kappa shape index (κ1) is 13.6. The number of halogens is 3. The molecule has 0 bridgehead atoms. The number of hydrogen-bond acceptors (Lipinski definition) is 1. The van der Waals surface area contributed by atoms with E-state index < -0.39 is 0 Å². The van der Waals surface area contributed by atoms with Crippen LogP contribution in [-0.4, -0.2) is 18.3 Å². The topological polar surface area (TPSA) is 29.1 Å². The highest BCUT2D eigenvalue weighted by molar-refractivity contribution is 6.35. The Balaban J connectivity index is 2.49. The van der Waals surface area contributed by atoms with E-state index in [1.165, 1.54) is 0 Å². The van der Waals surface area contributed by atoms with Gasteiger partial charge < -0.3 is 5.32 Å². The SMILES string of the molecule is O=C(Cc1ccc(Cl)cc1Cl)NCCCCl. The van der Waals surface area contributed by atoms with Gasteiger partial charge in [-0.05, 0) is 24.1 Å². The molecule has 16 heavy (non-hydrogen) atoms. The van der Waals surface area contributed by atoms with Gasteiger partial charge in [0.05, 0.1) is 6.42 Å². The molecule has 1 aromatic carbocycles. The molecule has 0 fully saturated rings. The Kier molecular flexibility index (Phi) is 5.96. The molecule has 0 radical (unpaired) electrons. The third-order valence-corrected chi connectivity index (χ3v) is 2.85. The van der Waals surface area contributed by atoms with Crippen LogP contribution in [0.3, 0.4) is 0 Å². The molecule has 0 unspecified atom stereocenters. The lowest BCUT2D eigenvalue weighted by Crippen LogP contribution is -2.26. The summed E-state index contributed by atoms with van der Waals surface area (Å²) >= 11 is 17.2. The summed E-state index contributed by atoms with van der Waals surface area (Å²) in [5.74, 6) is 0.483. The van der Waals surface area contributed by atoms with E-state index in [2.05, 4.69) is 5.32 Å². The number of hydrogen-bond donors (Lipinski definition) is 1. The van der Waals surface area contributed by atoms with Crippen molar-refractivity contribution in [2.24, 2.45) is 0 Å². The van der Waals surface area contributed by atoms with Crippen LogP contribution < -0.4 is 5.32 Å². The molecule has 0 saturated heterocycles. The normalized spacial score (nSPS) is 10.2. The number of alkyl halides is 1. The van der Waals surface area contributed by atoms with E-state index in [1.807, 2.05) is 0 Å². The zero-order chi connectivity index (χ0) is 12.0. The van der Waals surface area contributed by atoms with E-state index in [-0.39, 0.29) is 12.3 Å². The van der Waals surface area contributed by atoms with Crippen molar-refractivity contribution < 1.29 is 4.79 Å². The second-order valence-electron chi connectivity index (χ2n) is 3.30. The van der Waals surface area contributed by atoms with Crippen molar-refractivity contribution in [3.8, 4) is 0 Å². The highest BCUT2D eigenvalue weighted by Crippen LogP contribution is 2.21. The molecule has 1 rings (SSSR count). The molecule has 5 heteroatoms. The summed E-state index contributed by atoms with van der Waals surface area (Å²) in [5.41, 5.74) is 0.773. The van der Waals surface area contributed by atoms with Gasteiger partial charge in [-0.2, -0.15) is 0 Å². The van der Waals surface area contributed by atoms with E-state index in [9.17, 15) is 4.79 Å². The first-order valence-corrected chi connectivity index (χ1v) is 6.19. The van der Waals surface area contributed by atoms with Crippen LogP contribution in [0.5, 0.6) is 0 Å². The number of carbonyl (C=O) groups excluding carboxylic acids is 1. The van der Waals surface area contributed by atoms with Crippen LogP contribution in [0.2, 0.25) is 10.0 Å². The summed E-state index contributed by atoms with van der Waals surface area (Å²) in [5, 5.41) is 3.84. The van der Waals surface area contributed by atoms with Gasteiger partial charge in [0, 0.05) is 22.5 Å². The fourth-order valence-electron chi connectivity index (χ4n) is 1.20. The quantitative estimate of drug-likeness (QED) is 0.651. The molecule has 1 aromatic rings. The molecule has 1 N–H and O–H groups in total. The maximum Gasteiger partial charge on any atom is 0.224 e. The zero-order valence-corrected chi connectivity index (χ0v) is 10.9. The van der Waals surface area contributed by atoms with Crippen LogP contribution in [0, 0.1) is 0 Å². The third-order valence-electron chi connectivity index (χ3n) is 2.00. The van der Waals surface area contributed by atoms with Gasteiger partial charge in [0.15, 0.2) is 0 Å². The van der Waals surface area contributed by atoms with Crippen LogP contribution in [0.25, 0.3) is 0 Å². The van der Waals surface area contributed by atoms with E-state index in [1.54, 1.807) is 18.2 Å². The highest BCUT2D eigenvalue weighted by atomic mass is 35.5. The van der Waals surface area contributed by atoms with Crippen molar-refractivity contribution in [2.75, 3.05) is 12.4 Å². The molecule has 2 nitrogen and oxygen atoms in total. The van der Waals surface area contributed by atoms with Gasteiger partial charge in [0.1, 0.15) is 0 Å². The van der Waals surface area contributed by atoms with Crippen LogP contribution in [0.4, 0.5) is 0 Å². The molecule has 1 amide bonds. The maximum atomic E-state index is 11.5. The molecule has 0 spiro atoms. The van der Waals surface area contributed by atoms with Crippen molar-refractivity contribution in [3.05, 3.63) is 33.8 Å². The summed E-state index contributed by atoms with van der Waals surface area (Å²) in [4.78, 5) is 11.5. The summed E-state index contributed by atoms with van der Waals surface area (Å²) in [6, 6.07) is 5.10. The first-order chi connectivity index (χ1) is 7.63. The smallest absolute Gasteiger partial charge is 0.224 e. The van der Waals surface area contributed by atoms with Crippen molar-refractivity contribution in [3.63, 3.8) is 0 Å². The minimum Gasteiger partial charge on any atom is -0.356 e. The average Bonchev–Trinajstić information content (AvgIpc) is 2.23. The lowest BCUT2D eigenvalue weighted by molar-refractivity contribution is -0.120. The lowest BCUT2D eigenvalue weighted by Gasteiger charge is -2.06. The van der Waals surface area contributed by atoms with Crippen molar-refractivity contribution >= 4 is 40.7 Å². The number of amides is 1. The van der Waals surface area contributed by atoms with Crippen LogP contribution >= 0.6 is 34.8 Å². The Hall–Kier alpha value is -0.440. The first-order valence-electron chi connectivity index (χ1n) is 4.90. The average molecular weight is 281 g/mol. The Labute approximate surface area is 110 Å². The predicted octanol–water partition coefficient (Wildman–Crippen LogP) is 3.28. The van der Waals surface area contributed by atoms with E-state index in [0.29, 0.717) is 22.5 Å². The standard InChI is InChI=1S/C11H12Cl3NO/c12-4-1-5-15-11(16)6-8-2-3-9(13)7-10(8)14/h2-3,7H,1,4-6H2,(H,15,16). The largest absolute Gasteiger partial charge is 0.356 e. The molecule has 0 atom stereocenters. The van der Waals surface area contributed by atoms with Crippen LogP contribution in [0.1, 0.15) is 12.0 Å².